The molecule has 19 heavy (non-hydrogen) atoms. The van der Waals surface area contributed by atoms with Crippen molar-refractivity contribution in [1.82, 2.24) is 5.32 Å². The number of halogens is 1. The zero-order chi connectivity index (χ0) is 13.4. The highest BCUT2D eigenvalue weighted by Gasteiger charge is 2.25. The quantitative estimate of drug-likeness (QED) is 0.749. The number of benzene rings is 2. The van der Waals surface area contributed by atoms with Gasteiger partial charge in [-0.15, -0.1) is 0 Å². The number of carbonyl (C=O) groups excluding carboxylic acids is 1. The van der Waals surface area contributed by atoms with Gasteiger partial charge in [-0.3, -0.25) is 4.79 Å². The van der Waals surface area contributed by atoms with Crippen LogP contribution in [0.15, 0.2) is 42.5 Å². The Kier molecular flexibility index (Phi) is 2.80. The van der Waals surface area contributed by atoms with Gasteiger partial charge in [0.05, 0.1) is 5.56 Å². The van der Waals surface area contributed by atoms with Crippen molar-refractivity contribution >= 4 is 23.2 Å². The monoisotopic (exact) mass is 274 g/mol. The molecule has 0 spiro atoms. The third-order valence-electron chi connectivity index (χ3n) is 3.05. The molecule has 0 aliphatic carbocycles. The highest BCUT2D eigenvalue weighted by atomic mass is 35.5. The van der Waals surface area contributed by atoms with Crippen molar-refractivity contribution in [2.75, 3.05) is 5.32 Å². The Morgan fingerprint density at radius 3 is 2.74 bits per heavy atom. The van der Waals surface area contributed by atoms with Crippen LogP contribution in [-0.4, -0.2) is 11.0 Å². The maximum atomic E-state index is 12.0. The average Bonchev–Trinajstić information content (AvgIpc) is 2.41. The molecule has 5 heteroatoms. The fourth-order valence-electron chi connectivity index (χ4n) is 2.12. The standard InChI is InChI=1S/C14H11ClN2O2/c15-8-5-6-12(18)10(7-8)13-16-11-4-2-1-3-9(11)14(19)17-13/h1-7,13,16,18H,(H,17,19)/t13-/m1/s1. The normalized spacial score (nSPS) is 17.3. The molecule has 1 aliphatic heterocycles. The van der Waals surface area contributed by atoms with Crippen molar-refractivity contribution in [2.24, 2.45) is 0 Å². The summed E-state index contributed by atoms with van der Waals surface area (Å²) in [5, 5.41) is 16.3. The minimum atomic E-state index is -0.499. The third-order valence-corrected chi connectivity index (χ3v) is 3.28. The van der Waals surface area contributed by atoms with Crippen molar-refractivity contribution in [3.8, 4) is 5.75 Å². The smallest absolute Gasteiger partial charge is 0.255 e. The SMILES string of the molecule is O=C1N[C@H](c2cc(Cl)ccc2O)Nc2ccccc21. The predicted octanol–water partition coefficient (Wildman–Crippen LogP) is 2.90. The first kappa shape index (κ1) is 11.9. The first-order chi connectivity index (χ1) is 9.15. The van der Waals surface area contributed by atoms with Gasteiger partial charge in [0, 0.05) is 16.3 Å². The van der Waals surface area contributed by atoms with Gasteiger partial charge in [-0.25, -0.2) is 0 Å². The van der Waals surface area contributed by atoms with Crippen molar-refractivity contribution in [2.45, 2.75) is 6.17 Å². The van der Waals surface area contributed by atoms with Gasteiger partial charge in [-0.1, -0.05) is 23.7 Å². The maximum absolute atomic E-state index is 12.0. The summed E-state index contributed by atoms with van der Waals surface area (Å²) in [5.74, 6) is -0.0969. The van der Waals surface area contributed by atoms with E-state index in [2.05, 4.69) is 10.6 Å². The summed E-state index contributed by atoms with van der Waals surface area (Å²) < 4.78 is 0. The summed E-state index contributed by atoms with van der Waals surface area (Å²) in [4.78, 5) is 12.0. The Bertz CT molecular complexity index is 658. The minimum absolute atomic E-state index is 0.0848. The molecule has 0 fully saturated rings. The molecule has 0 saturated carbocycles. The van der Waals surface area contributed by atoms with Gasteiger partial charge in [0.25, 0.3) is 5.91 Å². The summed E-state index contributed by atoms with van der Waals surface area (Å²) in [6.45, 7) is 0. The number of anilines is 1. The van der Waals surface area contributed by atoms with Crippen molar-refractivity contribution < 1.29 is 9.90 Å². The molecule has 3 N–H and O–H groups in total. The van der Waals surface area contributed by atoms with E-state index in [1.54, 1.807) is 24.3 Å². The molecule has 96 valence electrons. The van der Waals surface area contributed by atoms with Gasteiger partial charge in [0.2, 0.25) is 0 Å². The first-order valence-corrected chi connectivity index (χ1v) is 6.18. The van der Waals surface area contributed by atoms with Gasteiger partial charge < -0.3 is 15.7 Å². The predicted molar refractivity (Wildman–Crippen MR) is 73.4 cm³/mol. The zero-order valence-corrected chi connectivity index (χ0v) is 10.6. The van der Waals surface area contributed by atoms with E-state index >= 15 is 0 Å². The van der Waals surface area contributed by atoms with Crippen molar-refractivity contribution in [3.05, 3.63) is 58.6 Å². The molecule has 0 bridgehead atoms. The topological polar surface area (TPSA) is 61.4 Å². The molecule has 1 heterocycles. The van der Waals surface area contributed by atoms with Crippen LogP contribution in [0.4, 0.5) is 5.69 Å². The number of carbonyl (C=O) groups is 1. The molecule has 4 nitrogen and oxygen atoms in total. The van der Waals surface area contributed by atoms with Crippen LogP contribution in [0.5, 0.6) is 5.75 Å². The maximum Gasteiger partial charge on any atom is 0.255 e. The lowest BCUT2D eigenvalue weighted by Gasteiger charge is -2.28. The van der Waals surface area contributed by atoms with E-state index in [0.717, 1.165) is 5.69 Å². The number of amides is 1. The van der Waals surface area contributed by atoms with E-state index in [9.17, 15) is 9.90 Å². The van der Waals surface area contributed by atoms with Gasteiger partial charge in [-0.05, 0) is 30.3 Å². The molecule has 0 saturated heterocycles. The third kappa shape index (κ3) is 2.11. The van der Waals surface area contributed by atoms with Crippen molar-refractivity contribution in [1.29, 1.82) is 0 Å². The lowest BCUT2D eigenvalue weighted by atomic mass is 10.1. The van der Waals surface area contributed by atoms with Gasteiger partial charge in [0.15, 0.2) is 0 Å². The highest BCUT2D eigenvalue weighted by molar-refractivity contribution is 6.30. The molecule has 2 aromatic rings. The Balaban J connectivity index is 2.01. The number of aromatic hydroxyl groups is 1. The van der Waals surface area contributed by atoms with Gasteiger partial charge in [-0.2, -0.15) is 0 Å². The highest BCUT2D eigenvalue weighted by Crippen LogP contribution is 2.32. The van der Waals surface area contributed by atoms with Crippen LogP contribution in [0.25, 0.3) is 0 Å². The first-order valence-electron chi connectivity index (χ1n) is 5.80. The Morgan fingerprint density at radius 2 is 1.89 bits per heavy atom. The number of fused-ring (bicyclic) bond motifs is 1. The second-order valence-electron chi connectivity index (χ2n) is 4.30. The van der Waals surface area contributed by atoms with E-state index in [1.165, 1.54) is 6.07 Å². The van der Waals surface area contributed by atoms with Crippen LogP contribution in [0.3, 0.4) is 0 Å². The number of nitrogens with one attached hydrogen (secondary N) is 2. The molecule has 0 radical (unpaired) electrons. The van der Waals surface area contributed by atoms with E-state index in [0.29, 0.717) is 16.1 Å². The van der Waals surface area contributed by atoms with Crippen LogP contribution >= 0.6 is 11.6 Å². The van der Waals surface area contributed by atoms with Crippen LogP contribution in [0, 0.1) is 0 Å². The van der Waals surface area contributed by atoms with Crippen LogP contribution in [0.1, 0.15) is 22.1 Å². The second-order valence-corrected chi connectivity index (χ2v) is 4.74. The number of phenolic OH excluding ortho intramolecular Hbond substituents is 1. The number of phenols is 1. The lowest BCUT2D eigenvalue weighted by molar-refractivity contribution is 0.0935. The average molecular weight is 275 g/mol. The van der Waals surface area contributed by atoms with E-state index in [4.69, 9.17) is 11.6 Å². The molecule has 1 aliphatic rings. The van der Waals surface area contributed by atoms with E-state index in [1.807, 2.05) is 12.1 Å². The number of hydrogen-bond acceptors (Lipinski definition) is 3. The fourth-order valence-corrected chi connectivity index (χ4v) is 2.30. The summed E-state index contributed by atoms with van der Waals surface area (Å²) in [6.07, 6.45) is -0.499. The summed E-state index contributed by atoms with van der Waals surface area (Å²) in [5.41, 5.74) is 1.85. The molecule has 0 aromatic heterocycles. The Labute approximate surface area is 115 Å². The largest absolute Gasteiger partial charge is 0.508 e. The zero-order valence-electron chi connectivity index (χ0n) is 9.85. The van der Waals surface area contributed by atoms with Crippen molar-refractivity contribution in [3.63, 3.8) is 0 Å². The molecule has 3 rings (SSSR count). The van der Waals surface area contributed by atoms with Crippen LogP contribution in [0.2, 0.25) is 5.02 Å². The van der Waals surface area contributed by atoms with Gasteiger partial charge >= 0.3 is 0 Å². The molecule has 0 unspecified atom stereocenters. The van der Waals surface area contributed by atoms with E-state index < -0.39 is 6.17 Å². The Hall–Kier alpha value is -2.20. The fraction of sp³-hybridized carbons (Fsp3) is 0.0714. The van der Waals surface area contributed by atoms with Gasteiger partial charge in [0.1, 0.15) is 11.9 Å². The second kappa shape index (κ2) is 4.48. The lowest BCUT2D eigenvalue weighted by Crippen LogP contribution is -2.38. The molecule has 1 atom stereocenters. The molecular formula is C14H11ClN2O2. The number of hydrogen-bond donors (Lipinski definition) is 3. The molecule has 2 aromatic carbocycles. The Morgan fingerprint density at radius 1 is 1.11 bits per heavy atom. The summed E-state index contributed by atoms with van der Waals surface area (Å²) >= 11 is 5.92. The summed E-state index contributed by atoms with van der Waals surface area (Å²) in [7, 11) is 0. The van der Waals surface area contributed by atoms with E-state index in [-0.39, 0.29) is 11.7 Å². The van der Waals surface area contributed by atoms with Crippen LogP contribution < -0.4 is 10.6 Å². The number of rotatable bonds is 1. The summed E-state index contributed by atoms with van der Waals surface area (Å²) in [6, 6.07) is 11.9. The number of para-hydroxylation sites is 1. The minimum Gasteiger partial charge on any atom is -0.508 e. The molecular weight excluding hydrogens is 264 g/mol. The molecule has 1 amide bonds. The van der Waals surface area contributed by atoms with Crippen LogP contribution in [-0.2, 0) is 0 Å².